The van der Waals surface area contributed by atoms with Crippen molar-refractivity contribution in [3.05, 3.63) is 66.0 Å². The summed E-state index contributed by atoms with van der Waals surface area (Å²) in [4.78, 5) is 4.47. The number of aromatic nitrogens is 2. The van der Waals surface area contributed by atoms with Gasteiger partial charge in [-0.15, -0.1) is 0 Å². The van der Waals surface area contributed by atoms with E-state index in [2.05, 4.69) is 64.3 Å². The van der Waals surface area contributed by atoms with E-state index in [1.807, 2.05) is 19.4 Å². The first-order chi connectivity index (χ1) is 10.3. The van der Waals surface area contributed by atoms with Crippen LogP contribution in [0.15, 0.2) is 54.9 Å². The van der Waals surface area contributed by atoms with Gasteiger partial charge >= 0.3 is 0 Å². The van der Waals surface area contributed by atoms with Gasteiger partial charge in [0.25, 0.3) is 0 Å². The maximum Gasteiger partial charge on any atom is 0.0958 e. The van der Waals surface area contributed by atoms with Gasteiger partial charge in [-0.3, -0.25) is 0 Å². The molecule has 0 aliphatic heterocycles. The van der Waals surface area contributed by atoms with Crippen molar-refractivity contribution in [3.63, 3.8) is 0 Å². The number of benzene rings is 2. The summed E-state index contributed by atoms with van der Waals surface area (Å²) in [5.74, 6) is 0. The zero-order chi connectivity index (χ0) is 14.7. The van der Waals surface area contributed by atoms with Crippen LogP contribution in [0, 0.1) is 0 Å². The largest absolute Gasteiger partial charge is 0.329 e. The molecule has 0 fully saturated rings. The smallest absolute Gasteiger partial charge is 0.0958 e. The standard InChI is InChI=1S/C18H21N3/c1-3-14-7-6-8-15(11-14)17(19-2)12-21-13-20-16-9-4-5-10-18(16)21/h4-11,13,17,19H,3,12H2,1-2H3. The zero-order valence-corrected chi connectivity index (χ0v) is 12.6. The SMILES string of the molecule is CCc1cccc(C(Cn2cnc3ccccc32)NC)c1. The van der Waals surface area contributed by atoms with Crippen LogP contribution in [0.5, 0.6) is 0 Å². The quantitative estimate of drug-likeness (QED) is 0.774. The molecule has 3 heteroatoms. The lowest BCUT2D eigenvalue weighted by atomic mass is 10.0. The van der Waals surface area contributed by atoms with Crippen LogP contribution in [0.2, 0.25) is 0 Å². The molecule has 0 saturated heterocycles. The van der Waals surface area contributed by atoms with Gasteiger partial charge in [-0.2, -0.15) is 0 Å². The second kappa shape index (κ2) is 6.10. The summed E-state index contributed by atoms with van der Waals surface area (Å²) in [7, 11) is 2.02. The molecule has 1 atom stereocenters. The fourth-order valence-corrected chi connectivity index (χ4v) is 2.75. The summed E-state index contributed by atoms with van der Waals surface area (Å²) in [6.07, 6.45) is 3.00. The highest BCUT2D eigenvalue weighted by molar-refractivity contribution is 5.74. The first kappa shape index (κ1) is 13.8. The van der Waals surface area contributed by atoms with E-state index in [0.717, 1.165) is 18.5 Å². The Hall–Kier alpha value is -2.13. The Labute approximate surface area is 125 Å². The minimum absolute atomic E-state index is 0.286. The Morgan fingerprint density at radius 1 is 1.14 bits per heavy atom. The first-order valence-corrected chi connectivity index (χ1v) is 7.47. The van der Waals surface area contributed by atoms with Crippen LogP contribution in [0.4, 0.5) is 0 Å². The summed E-state index contributed by atoms with van der Waals surface area (Å²) in [6, 6.07) is 17.4. The minimum Gasteiger partial charge on any atom is -0.329 e. The van der Waals surface area contributed by atoms with E-state index in [0.29, 0.717) is 0 Å². The Kier molecular flexibility index (Phi) is 4.02. The number of nitrogens with one attached hydrogen (secondary N) is 1. The molecule has 1 aromatic heterocycles. The van der Waals surface area contributed by atoms with E-state index >= 15 is 0 Å². The van der Waals surface area contributed by atoms with E-state index in [1.54, 1.807) is 0 Å². The molecule has 21 heavy (non-hydrogen) atoms. The molecule has 0 radical (unpaired) electrons. The molecular weight excluding hydrogens is 258 g/mol. The molecule has 0 spiro atoms. The Bertz CT molecular complexity index is 730. The lowest BCUT2D eigenvalue weighted by molar-refractivity contribution is 0.507. The van der Waals surface area contributed by atoms with E-state index < -0.39 is 0 Å². The van der Waals surface area contributed by atoms with Crippen molar-refractivity contribution in [1.82, 2.24) is 14.9 Å². The van der Waals surface area contributed by atoms with Crippen molar-refractivity contribution < 1.29 is 0 Å². The molecule has 0 amide bonds. The van der Waals surface area contributed by atoms with Crippen molar-refractivity contribution in [3.8, 4) is 0 Å². The van der Waals surface area contributed by atoms with Gasteiger partial charge in [-0.1, -0.05) is 43.3 Å². The third-order valence-corrected chi connectivity index (χ3v) is 4.02. The van der Waals surface area contributed by atoms with Crippen LogP contribution in [0.3, 0.4) is 0 Å². The summed E-state index contributed by atoms with van der Waals surface area (Å²) in [6.45, 7) is 3.07. The number of hydrogen-bond acceptors (Lipinski definition) is 2. The number of nitrogens with zero attached hydrogens (tertiary/aromatic N) is 2. The highest BCUT2D eigenvalue weighted by atomic mass is 15.1. The average Bonchev–Trinajstić information content (AvgIpc) is 2.95. The number of aryl methyl sites for hydroxylation is 1. The van der Waals surface area contributed by atoms with Crippen LogP contribution in [0.25, 0.3) is 11.0 Å². The highest BCUT2D eigenvalue weighted by Crippen LogP contribution is 2.20. The summed E-state index contributed by atoms with van der Waals surface area (Å²) in [5.41, 5.74) is 4.94. The van der Waals surface area contributed by atoms with Crippen molar-refractivity contribution >= 4 is 11.0 Å². The first-order valence-electron chi connectivity index (χ1n) is 7.47. The summed E-state index contributed by atoms with van der Waals surface area (Å²) >= 11 is 0. The van der Waals surface area contributed by atoms with Crippen LogP contribution >= 0.6 is 0 Å². The lowest BCUT2D eigenvalue weighted by Gasteiger charge is -2.18. The molecule has 0 aliphatic carbocycles. The number of imidazole rings is 1. The molecule has 1 unspecified atom stereocenters. The van der Waals surface area contributed by atoms with Gasteiger partial charge in [-0.25, -0.2) is 4.98 Å². The molecule has 108 valence electrons. The van der Waals surface area contributed by atoms with E-state index in [-0.39, 0.29) is 6.04 Å². The molecule has 3 nitrogen and oxygen atoms in total. The molecule has 0 bridgehead atoms. The molecule has 0 saturated carbocycles. The second-order valence-corrected chi connectivity index (χ2v) is 5.33. The van der Waals surface area contributed by atoms with Crippen LogP contribution < -0.4 is 5.32 Å². The molecule has 0 aliphatic rings. The Balaban J connectivity index is 1.90. The summed E-state index contributed by atoms with van der Waals surface area (Å²) < 4.78 is 2.22. The molecule has 3 rings (SSSR count). The fourth-order valence-electron chi connectivity index (χ4n) is 2.75. The number of hydrogen-bond donors (Lipinski definition) is 1. The highest BCUT2D eigenvalue weighted by Gasteiger charge is 2.12. The minimum atomic E-state index is 0.286. The molecule has 3 aromatic rings. The van der Waals surface area contributed by atoms with Crippen LogP contribution in [0.1, 0.15) is 24.1 Å². The third-order valence-electron chi connectivity index (χ3n) is 4.02. The number of rotatable bonds is 5. The molecule has 2 aromatic carbocycles. The predicted molar refractivity (Wildman–Crippen MR) is 87.4 cm³/mol. The lowest BCUT2D eigenvalue weighted by Crippen LogP contribution is -2.21. The number of fused-ring (bicyclic) bond motifs is 1. The van der Waals surface area contributed by atoms with Crippen LogP contribution in [-0.4, -0.2) is 16.6 Å². The zero-order valence-electron chi connectivity index (χ0n) is 12.6. The number of likely N-dealkylation sites (N-methyl/N-ethyl adjacent to an activating group) is 1. The fraction of sp³-hybridized carbons (Fsp3) is 0.278. The average molecular weight is 279 g/mol. The van der Waals surface area contributed by atoms with Gasteiger partial charge in [0.15, 0.2) is 0 Å². The van der Waals surface area contributed by atoms with Crippen molar-refractivity contribution in [1.29, 1.82) is 0 Å². The van der Waals surface area contributed by atoms with Gasteiger partial charge in [0, 0.05) is 6.54 Å². The van der Waals surface area contributed by atoms with Crippen molar-refractivity contribution in [2.24, 2.45) is 0 Å². The molecular formula is C18H21N3. The monoisotopic (exact) mass is 279 g/mol. The van der Waals surface area contributed by atoms with E-state index in [4.69, 9.17) is 0 Å². The molecule has 1 heterocycles. The predicted octanol–water partition coefficient (Wildman–Crippen LogP) is 3.56. The van der Waals surface area contributed by atoms with Crippen molar-refractivity contribution in [2.75, 3.05) is 7.05 Å². The normalized spacial score (nSPS) is 12.7. The Morgan fingerprint density at radius 3 is 2.81 bits per heavy atom. The molecule has 1 N–H and O–H groups in total. The second-order valence-electron chi connectivity index (χ2n) is 5.33. The Morgan fingerprint density at radius 2 is 2.00 bits per heavy atom. The number of para-hydroxylation sites is 2. The van der Waals surface area contributed by atoms with E-state index in [1.165, 1.54) is 16.6 Å². The summed E-state index contributed by atoms with van der Waals surface area (Å²) in [5, 5.41) is 3.42. The van der Waals surface area contributed by atoms with Crippen molar-refractivity contribution in [2.45, 2.75) is 25.9 Å². The van der Waals surface area contributed by atoms with Gasteiger partial charge in [0.05, 0.1) is 23.4 Å². The topological polar surface area (TPSA) is 29.9 Å². The van der Waals surface area contributed by atoms with Gasteiger partial charge in [0.1, 0.15) is 0 Å². The maximum absolute atomic E-state index is 4.47. The third kappa shape index (κ3) is 2.83. The van der Waals surface area contributed by atoms with Gasteiger partial charge in [0.2, 0.25) is 0 Å². The van der Waals surface area contributed by atoms with Gasteiger partial charge < -0.3 is 9.88 Å². The maximum atomic E-state index is 4.47. The van der Waals surface area contributed by atoms with Gasteiger partial charge in [-0.05, 0) is 36.7 Å². The van der Waals surface area contributed by atoms with Crippen LogP contribution in [-0.2, 0) is 13.0 Å². The van der Waals surface area contributed by atoms with E-state index in [9.17, 15) is 0 Å².